The first-order valence-corrected chi connectivity index (χ1v) is 6.25. The number of nitrogens with two attached hydrogens (primary N) is 1. The van der Waals surface area contributed by atoms with Gasteiger partial charge in [0.15, 0.2) is 0 Å². The molecule has 3 N–H and O–H groups in total. The average Bonchev–Trinajstić information content (AvgIpc) is 2.46. The maximum atomic E-state index is 12.0. The Hall–Kier alpha value is -2.20. The van der Waals surface area contributed by atoms with Gasteiger partial charge in [0.2, 0.25) is 0 Å². The number of nitrogens with one attached hydrogen (secondary N) is 1. The number of hydrogen-bond acceptors (Lipinski definition) is 3. The molecule has 0 spiro atoms. The average molecular weight is 255 g/mol. The molecule has 0 aliphatic heterocycles. The highest BCUT2D eigenvalue weighted by Crippen LogP contribution is 2.06. The van der Waals surface area contributed by atoms with Crippen molar-refractivity contribution in [3.63, 3.8) is 0 Å². The summed E-state index contributed by atoms with van der Waals surface area (Å²) in [6.45, 7) is 1.09. The quantitative estimate of drug-likeness (QED) is 0.851. The van der Waals surface area contributed by atoms with Gasteiger partial charge in [-0.1, -0.05) is 12.1 Å². The third kappa shape index (κ3) is 3.89. The molecule has 0 saturated heterocycles. The first-order valence-electron chi connectivity index (χ1n) is 6.25. The van der Waals surface area contributed by atoms with Crippen molar-refractivity contribution in [2.45, 2.75) is 13.0 Å². The molecule has 0 bridgehead atoms. The van der Waals surface area contributed by atoms with Gasteiger partial charge in [0.1, 0.15) is 0 Å². The fourth-order valence-electron chi connectivity index (χ4n) is 1.82. The van der Waals surface area contributed by atoms with Gasteiger partial charge in [-0.2, -0.15) is 0 Å². The fraction of sp³-hybridized carbons (Fsp3) is 0.200. The normalized spacial score (nSPS) is 10.2. The van der Waals surface area contributed by atoms with Crippen LogP contribution in [-0.4, -0.2) is 17.4 Å². The number of aromatic nitrogens is 1. The smallest absolute Gasteiger partial charge is 0.251 e. The molecule has 0 fully saturated rings. The summed E-state index contributed by atoms with van der Waals surface area (Å²) in [5.41, 5.74) is 8.29. The molecule has 2 aromatic rings. The molecule has 1 heterocycles. The zero-order valence-corrected chi connectivity index (χ0v) is 10.7. The summed E-state index contributed by atoms with van der Waals surface area (Å²) in [5.74, 6) is -0.0734. The van der Waals surface area contributed by atoms with E-state index in [1.807, 2.05) is 36.4 Å². The minimum absolute atomic E-state index is 0.0734. The monoisotopic (exact) mass is 255 g/mol. The molecular formula is C15H17N3O. The predicted molar refractivity (Wildman–Crippen MR) is 74.6 cm³/mol. The molecule has 0 atom stereocenters. The Bertz CT molecular complexity index is 540. The topological polar surface area (TPSA) is 68.0 Å². The van der Waals surface area contributed by atoms with E-state index in [0.29, 0.717) is 18.7 Å². The molecule has 4 nitrogen and oxygen atoms in total. The van der Waals surface area contributed by atoms with Crippen molar-refractivity contribution in [3.05, 3.63) is 65.5 Å². The molecule has 4 heteroatoms. The number of hydrogen-bond donors (Lipinski definition) is 2. The van der Waals surface area contributed by atoms with Crippen molar-refractivity contribution < 1.29 is 4.79 Å². The lowest BCUT2D eigenvalue weighted by atomic mass is 10.1. The Labute approximate surface area is 112 Å². The SMILES string of the molecule is NCCc1cccc(C(=O)NCc2ccncc2)c1. The lowest BCUT2D eigenvalue weighted by molar-refractivity contribution is 0.0951. The van der Waals surface area contributed by atoms with Gasteiger partial charge in [-0.3, -0.25) is 9.78 Å². The molecule has 1 aromatic heterocycles. The summed E-state index contributed by atoms with van der Waals surface area (Å²) in [6, 6.07) is 11.3. The van der Waals surface area contributed by atoms with E-state index >= 15 is 0 Å². The molecule has 0 aliphatic carbocycles. The van der Waals surface area contributed by atoms with E-state index in [4.69, 9.17) is 5.73 Å². The van der Waals surface area contributed by atoms with Gasteiger partial charge >= 0.3 is 0 Å². The van der Waals surface area contributed by atoms with Gasteiger partial charge < -0.3 is 11.1 Å². The van der Waals surface area contributed by atoms with Crippen LogP contribution in [0, 0.1) is 0 Å². The first kappa shape index (κ1) is 13.2. The number of nitrogens with zero attached hydrogens (tertiary/aromatic N) is 1. The number of amides is 1. The van der Waals surface area contributed by atoms with Gasteiger partial charge in [0, 0.05) is 24.5 Å². The largest absolute Gasteiger partial charge is 0.348 e. The third-order valence-corrected chi connectivity index (χ3v) is 2.82. The number of carbonyl (C=O) groups excluding carboxylic acids is 1. The van der Waals surface area contributed by atoms with Crippen molar-refractivity contribution in [3.8, 4) is 0 Å². The van der Waals surface area contributed by atoms with E-state index in [2.05, 4.69) is 10.3 Å². The Morgan fingerprint density at radius 3 is 2.68 bits per heavy atom. The molecule has 0 aliphatic rings. The van der Waals surface area contributed by atoms with Crippen molar-refractivity contribution in [1.82, 2.24) is 10.3 Å². The van der Waals surface area contributed by atoms with Crippen molar-refractivity contribution in [2.75, 3.05) is 6.54 Å². The Morgan fingerprint density at radius 2 is 1.95 bits per heavy atom. The van der Waals surface area contributed by atoms with Gasteiger partial charge in [-0.15, -0.1) is 0 Å². The number of pyridine rings is 1. The van der Waals surface area contributed by atoms with E-state index in [0.717, 1.165) is 17.5 Å². The van der Waals surface area contributed by atoms with Crippen LogP contribution in [0.25, 0.3) is 0 Å². The molecule has 0 saturated carbocycles. The molecule has 1 amide bonds. The molecule has 19 heavy (non-hydrogen) atoms. The molecule has 2 rings (SSSR count). The summed E-state index contributed by atoms with van der Waals surface area (Å²) in [6.07, 6.45) is 4.21. The Balaban J connectivity index is 1.98. The molecule has 0 unspecified atom stereocenters. The summed E-state index contributed by atoms with van der Waals surface area (Å²) in [7, 11) is 0. The number of benzene rings is 1. The molecule has 98 valence electrons. The highest BCUT2D eigenvalue weighted by Gasteiger charge is 2.05. The van der Waals surface area contributed by atoms with Gasteiger partial charge in [-0.25, -0.2) is 0 Å². The standard InChI is InChI=1S/C15H17N3O/c16-7-4-12-2-1-3-14(10-12)15(19)18-11-13-5-8-17-9-6-13/h1-3,5-6,8-10H,4,7,11,16H2,(H,18,19). The lowest BCUT2D eigenvalue weighted by Crippen LogP contribution is -2.22. The minimum Gasteiger partial charge on any atom is -0.348 e. The molecular weight excluding hydrogens is 238 g/mol. The second-order valence-corrected chi connectivity index (χ2v) is 4.28. The molecule has 1 aromatic carbocycles. The minimum atomic E-state index is -0.0734. The second kappa shape index (κ2) is 6.66. The van der Waals surface area contributed by atoms with Crippen LogP contribution in [0.15, 0.2) is 48.8 Å². The van der Waals surface area contributed by atoms with Crippen LogP contribution in [0.4, 0.5) is 0 Å². The van der Waals surface area contributed by atoms with Crippen LogP contribution in [0.2, 0.25) is 0 Å². The fourth-order valence-corrected chi connectivity index (χ4v) is 1.82. The van der Waals surface area contributed by atoms with Gasteiger partial charge in [0.05, 0.1) is 0 Å². The zero-order valence-electron chi connectivity index (χ0n) is 10.7. The lowest BCUT2D eigenvalue weighted by Gasteiger charge is -2.06. The maximum absolute atomic E-state index is 12.0. The van der Waals surface area contributed by atoms with E-state index in [1.54, 1.807) is 12.4 Å². The first-order chi connectivity index (χ1) is 9.29. The van der Waals surface area contributed by atoms with Crippen LogP contribution in [0.3, 0.4) is 0 Å². The summed E-state index contributed by atoms with van der Waals surface area (Å²) in [4.78, 5) is 16.0. The van der Waals surface area contributed by atoms with Crippen molar-refractivity contribution in [2.24, 2.45) is 5.73 Å². The van der Waals surface area contributed by atoms with Crippen LogP contribution in [0.1, 0.15) is 21.5 Å². The highest BCUT2D eigenvalue weighted by atomic mass is 16.1. The highest BCUT2D eigenvalue weighted by molar-refractivity contribution is 5.94. The number of rotatable bonds is 5. The second-order valence-electron chi connectivity index (χ2n) is 4.28. The van der Waals surface area contributed by atoms with Crippen LogP contribution in [0.5, 0.6) is 0 Å². The van der Waals surface area contributed by atoms with E-state index < -0.39 is 0 Å². The van der Waals surface area contributed by atoms with Gasteiger partial charge in [0.25, 0.3) is 5.91 Å². The third-order valence-electron chi connectivity index (χ3n) is 2.82. The van der Waals surface area contributed by atoms with Crippen LogP contribution >= 0.6 is 0 Å². The predicted octanol–water partition coefficient (Wildman–Crippen LogP) is 1.51. The number of carbonyl (C=O) groups is 1. The summed E-state index contributed by atoms with van der Waals surface area (Å²) < 4.78 is 0. The van der Waals surface area contributed by atoms with E-state index in [9.17, 15) is 4.79 Å². The summed E-state index contributed by atoms with van der Waals surface area (Å²) in [5, 5.41) is 2.89. The summed E-state index contributed by atoms with van der Waals surface area (Å²) >= 11 is 0. The zero-order chi connectivity index (χ0) is 13.5. The van der Waals surface area contributed by atoms with Crippen molar-refractivity contribution >= 4 is 5.91 Å². The Morgan fingerprint density at radius 1 is 1.16 bits per heavy atom. The van der Waals surface area contributed by atoms with Crippen LogP contribution < -0.4 is 11.1 Å². The van der Waals surface area contributed by atoms with E-state index in [1.165, 1.54) is 0 Å². The molecule has 0 radical (unpaired) electrons. The van der Waals surface area contributed by atoms with Crippen molar-refractivity contribution in [1.29, 1.82) is 0 Å². The maximum Gasteiger partial charge on any atom is 0.251 e. The van der Waals surface area contributed by atoms with Gasteiger partial charge in [-0.05, 0) is 48.4 Å². The van der Waals surface area contributed by atoms with Crippen LogP contribution in [-0.2, 0) is 13.0 Å². The Kier molecular flexibility index (Phi) is 4.64. The van der Waals surface area contributed by atoms with E-state index in [-0.39, 0.29) is 5.91 Å².